The van der Waals surface area contributed by atoms with Gasteiger partial charge in [0.15, 0.2) is 6.23 Å². The number of fused-ring (bicyclic) bond motifs is 1. The van der Waals surface area contributed by atoms with Gasteiger partial charge in [0.2, 0.25) is 0 Å². The van der Waals surface area contributed by atoms with Gasteiger partial charge in [-0.25, -0.2) is 0 Å². The van der Waals surface area contributed by atoms with Gasteiger partial charge in [-0.15, -0.1) is 0 Å². The van der Waals surface area contributed by atoms with Crippen molar-refractivity contribution in [3.8, 4) is 11.5 Å². The zero-order valence-electron chi connectivity index (χ0n) is 11.9. The summed E-state index contributed by atoms with van der Waals surface area (Å²) in [5.74, 6) is 1.70. The third-order valence-electron chi connectivity index (χ3n) is 4.09. The van der Waals surface area contributed by atoms with Gasteiger partial charge in [-0.05, 0) is 45.0 Å². The highest BCUT2D eigenvalue weighted by molar-refractivity contribution is 5.47. The minimum Gasteiger partial charge on any atom is -0.489 e. The van der Waals surface area contributed by atoms with Gasteiger partial charge in [0.05, 0.1) is 6.04 Å². The average molecular weight is 277 g/mol. The second-order valence-electron chi connectivity index (χ2n) is 5.83. The van der Waals surface area contributed by atoms with Crippen LogP contribution >= 0.6 is 0 Å². The number of piperidine rings is 1. The largest absolute Gasteiger partial charge is 0.489 e. The van der Waals surface area contributed by atoms with Crippen LogP contribution < -0.4 is 20.9 Å². The molecule has 2 unspecified atom stereocenters. The SMILES string of the molecule is CN1CCCC(Oc2cccc3c2C[C@H](N)C(N)O3)C1. The molecule has 0 aromatic heterocycles. The van der Waals surface area contributed by atoms with Gasteiger partial charge < -0.3 is 20.1 Å². The lowest BCUT2D eigenvalue weighted by Crippen LogP contribution is -2.49. The second kappa shape index (κ2) is 5.60. The summed E-state index contributed by atoms with van der Waals surface area (Å²) in [6.07, 6.45) is 2.79. The number of hydrogen-bond donors (Lipinski definition) is 2. The topological polar surface area (TPSA) is 73.7 Å². The van der Waals surface area contributed by atoms with E-state index in [1.165, 1.54) is 6.42 Å². The summed E-state index contributed by atoms with van der Waals surface area (Å²) in [4.78, 5) is 2.31. The van der Waals surface area contributed by atoms with E-state index in [-0.39, 0.29) is 12.1 Å². The normalized spacial score (nSPS) is 30.4. The number of nitrogens with zero attached hydrogens (tertiary/aromatic N) is 1. The maximum Gasteiger partial charge on any atom is 0.163 e. The Morgan fingerprint density at radius 1 is 1.35 bits per heavy atom. The molecule has 20 heavy (non-hydrogen) atoms. The van der Waals surface area contributed by atoms with E-state index in [1.54, 1.807) is 0 Å². The highest BCUT2D eigenvalue weighted by atomic mass is 16.5. The summed E-state index contributed by atoms with van der Waals surface area (Å²) in [6, 6.07) is 5.70. The van der Waals surface area contributed by atoms with Crippen LogP contribution in [0.2, 0.25) is 0 Å². The first-order chi connectivity index (χ1) is 9.63. The number of hydrogen-bond acceptors (Lipinski definition) is 5. The van der Waals surface area contributed by atoms with Crippen LogP contribution in [0, 0.1) is 0 Å². The zero-order chi connectivity index (χ0) is 14.1. The van der Waals surface area contributed by atoms with Crippen molar-refractivity contribution in [3.05, 3.63) is 23.8 Å². The molecule has 0 aliphatic carbocycles. The fourth-order valence-electron chi connectivity index (χ4n) is 2.95. The molecule has 0 spiro atoms. The molecule has 0 bridgehead atoms. The predicted molar refractivity (Wildman–Crippen MR) is 77.9 cm³/mol. The first-order valence-corrected chi connectivity index (χ1v) is 7.28. The van der Waals surface area contributed by atoms with Crippen molar-refractivity contribution >= 4 is 0 Å². The van der Waals surface area contributed by atoms with Crippen molar-refractivity contribution in [2.75, 3.05) is 20.1 Å². The molecule has 2 aliphatic heterocycles. The Morgan fingerprint density at radius 2 is 2.20 bits per heavy atom. The molecule has 2 heterocycles. The summed E-state index contributed by atoms with van der Waals surface area (Å²) in [5, 5.41) is 0. The lowest BCUT2D eigenvalue weighted by molar-refractivity contribution is 0.0996. The van der Waals surface area contributed by atoms with Crippen molar-refractivity contribution in [1.82, 2.24) is 4.90 Å². The number of likely N-dealkylation sites (N-methyl/N-ethyl adjacent to an activating group) is 1. The Labute approximate surface area is 119 Å². The van der Waals surface area contributed by atoms with Crippen molar-refractivity contribution in [2.45, 2.75) is 37.6 Å². The Morgan fingerprint density at radius 3 is 3.00 bits per heavy atom. The van der Waals surface area contributed by atoms with E-state index in [2.05, 4.69) is 11.9 Å². The molecule has 0 saturated carbocycles. The molecular formula is C15H23N3O2. The van der Waals surface area contributed by atoms with E-state index in [0.29, 0.717) is 6.42 Å². The van der Waals surface area contributed by atoms with Crippen molar-refractivity contribution in [1.29, 1.82) is 0 Å². The number of benzene rings is 1. The molecule has 1 aromatic carbocycles. The monoisotopic (exact) mass is 277 g/mol. The summed E-state index contributed by atoms with van der Waals surface area (Å²) >= 11 is 0. The van der Waals surface area contributed by atoms with Crippen LogP contribution in [-0.4, -0.2) is 43.4 Å². The molecule has 3 rings (SSSR count). The zero-order valence-corrected chi connectivity index (χ0v) is 11.9. The van der Waals surface area contributed by atoms with E-state index in [1.807, 2.05) is 18.2 Å². The summed E-state index contributed by atoms with van der Waals surface area (Å²) in [5.41, 5.74) is 12.9. The Bertz CT molecular complexity index is 480. The molecule has 4 N–H and O–H groups in total. The Balaban J connectivity index is 1.78. The van der Waals surface area contributed by atoms with E-state index in [0.717, 1.165) is 36.6 Å². The van der Waals surface area contributed by atoms with Gasteiger partial charge >= 0.3 is 0 Å². The van der Waals surface area contributed by atoms with Crippen LogP contribution in [0.1, 0.15) is 18.4 Å². The van der Waals surface area contributed by atoms with Crippen LogP contribution in [0.15, 0.2) is 18.2 Å². The minimum atomic E-state index is -0.432. The van der Waals surface area contributed by atoms with E-state index in [4.69, 9.17) is 20.9 Å². The molecule has 3 atom stereocenters. The first kappa shape index (κ1) is 13.7. The minimum absolute atomic E-state index is 0.179. The quantitative estimate of drug-likeness (QED) is 0.832. The van der Waals surface area contributed by atoms with Gasteiger partial charge in [0, 0.05) is 12.1 Å². The van der Waals surface area contributed by atoms with Gasteiger partial charge in [0.25, 0.3) is 0 Å². The number of nitrogens with two attached hydrogens (primary N) is 2. The molecule has 2 aliphatic rings. The molecule has 1 fully saturated rings. The molecule has 1 aromatic rings. The van der Waals surface area contributed by atoms with Gasteiger partial charge in [-0.2, -0.15) is 0 Å². The van der Waals surface area contributed by atoms with Crippen LogP contribution in [0.4, 0.5) is 0 Å². The van der Waals surface area contributed by atoms with Gasteiger partial charge in [0.1, 0.15) is 17.6 Å². The standard InChI is InChI=1S/C15H23N3O2/c1-18-7-3-4-10(9-18)19-13-5-2-6-14-11(13)8-12(16)15(17)20-14/h2,5-6,10,12,15H,3-4,7-9,16-17H2,1H3/t10?,12-,15?/m0/s1. The molecule has 0 radical (unpaired) electrons. The molecule has 0 amide bonds. The van der Waals surface area contributed by atoms with Crippen LogP contribution in [0.5, 0.6) is 11.5 Å². The molecule has 5 nitrogen and oxygen atoms in total. The Kier molecular flexibility index (Phi) is 3.83. The lowest BCUT2D eigenvalue weighted by Gasteiger charge is -2.33. The number of ether oxygens (including phenoxy) is 2. The fraction of sp³-hybridized carbons (Fsp3) is 0.600. The van der Waals surface area contributed by atoms with Crippen LogP contribution in [0.25, 0.3) is 0 Å². The third-order valence-corrected chi connectivity index (χ3v) is 4.09. The highest BCUT2D eigenvalue weighted by Gasteiger charge is 2.28. The molecule has 1 saturated heterocycles. The maximum absolute atomic E-state index is 6.19. The molecule has 5 heteroatoms. The smallest absolute Gasteiger partial charge is 0.163 e. The van der Waals surface area contributed by atoms with E-state index in [9.17, 15) is 0 Å². The second-order valence-corrected chi connectivity index (χ2v) is 5.83. The maximum atomic E-state index is 6.19. The van der Waals surface area contributed by atoms with Crippen molar-refractivity contribution in [2.24, 2.45) is 11.5 Å². The molecular weight excluding hydrogens is 254 g/mol. The Hall–Kier alpha value is -1.30. The van der Waals surface area contributed by atoms with Gasteiger partial charge in [-0.3, -0.25) is 5.73 Å². The predicted octanol–water partition coefficient (Wildman–Crippen LogP) is 0.707. The summed E-state index contributed by atoms with van der Waals surface area (Å²) < 4.78 is 11.8. The summed E-state index contributed by atoms with van der Waals surface area (Å²) in [6.45, 7) is 2.12. The van der Waals surface area contributed by atoms with Crippen molar-refractivity contribution in [3.63, 3.8) is 0 Å². The number of rotatable bonds is 2. The first-order valence-electron chi connectivity index (χ1n) is 7.28. The fourth-order valence-corrected chi connectivity index (χ4v) is 2.95. The number of likely N-dealkylation sites (tertiary alicyclic amines) is 1. The van der Waals surface area contributed by atoms with Crippen molar-refractivity contribution < 1.29 is 9.47 Å². The van der Waals surface area contributed by atoms with Crippen LogP contribution in [-0.2, 0) is 6.42 Å². The summed E-state index contributed by atoms with van der Waals surface area (Å²) in [7, 11) is 2.13. The van der Waals surface area contributed by atoms with Crippen LogP contribution in [0.3, 0.4) is 0 Å². The van der Waals surface area contributed by atoms with Gasteiger partial charge in [-0.1, -0.05) is 6.07 Å². The highest BCUT2D eigenvalue weighted by Crippen LogP contribution is 2.34. The molecule has 110 valence electrons. The van der Waals surface area contributed by atoms with E-state index >= 15 is 0 Å². The third kappa shape index (κ3) is 2.75. The van der Waals surface area contributed by atoms with E-state index < -0.39 is 6.23 Å². The lowest BCUT2D eigenvalue weighted by atomic mass is 10.00. The average Bonchev–Trinajstić information content (AvgIpc) is 2.41.